The first-order valence-electron chi connectivity index (χ1n) is 6.11. The van der Waals surface area contributed by atoms with Crippen molar-refractivity contribution in [3.05, 3.63) is 57.8 Å². The SMILES string of the molecule is COCc1c(Br)cccc1NCc1cncc(C)c1. The van der Waals surface area contributed by atoms with E-state index in [9.17, 15) is 0 Å². The lowest BCUT2D eigenvalue weighted by Gasteiger charge is -2.13. The van der Waals surface area contributed by atoms with Crippen LogP contribution in [0.3, 0.4) is 0 Å². The summed E-state index contributed by atoms with van der Waals surface area (Å²) in [5.41, 5.74) is 4.55. The first kappa shape index (κ1) is 14.0. The van der Waals surface area contributed by atoms with E-state index >= 15 is 0 Å². The van der Waals surface area contributed by atoms with Crippen molar-refractivity contribution in [1.82, 2.24) is 4.98 Å². The standard InChI is InChI=1S/C15H17BrN2O/c1-11-6-12(8-17-7-11)9-18-15-5-3-4-14(16)13(15)10-19-2/h3-8,18H,9-10H2,1-2H3. The maximum atomic E-state index is 5.24. The molecule has 2 aromatic rings. The van der Waals surface area contributed by atoms with Crippen molar-refractivity contribution in [2.24, 2.45) is 0 Å². The molecule has 19 heavy (non-hydrogen) atoms. The summed E-state index contributed by atoms with van der Waals surface area (Å²) in [6.45, 7) is 3.38. The lowest BCUT2D eigenvalue weighted by Crippen LogP contribution is -2.04. The number of methoxy groups -OCH3 is 1. The number of benzene rings is 1. The molecule has 2 rings (SSSR count). The highest BCUT2D eigenvalue weighted by Crippen LogP contribution is 2.26. The van der Waals surface area contributed by atoms with Crippen LogP contribution in [0.1, 0.15) is 16.7 Å². The molecule has 0 bridgehead atoms. The molecule has 1 heterocycles. The third kappa shape index (κ3) is 3.78. The first-order valence-corrected chi connectivity index (χ1v) is 6.90. The minimum Gasteiger partial charge on any atom is -0.381 e. The number of halogens is 1. The number of hydrogen-bond donors (Lipinski definition) is 1. The Bertz CT molecular complexity index is 558. The molecule has 1 aromatic heterocycles. The topological polar surface area (TPSA) is 34.1 Å². The van der Waals surface area contributed by atoms with Gasteiger partial charge in [-0.05, 0) is 30.2 Å². The lowest BCUT2D eigenvalue weighted by atomic mass is 10.1. The van der Waals surface area contributed by atoms with Crippen LogP contribution in [0, 0.1) is 6.92 Å². The Morgan fingerprint density at radius 3 is 2.89 bits per heavy atom. The number of nitrogens with zero attached hydrogens (tertiary/aromatic N) is 1. The van der Waals surface area contributed by atoms with Gasteiger partial charge in [-0.1, -0.05) is 28.1 Å². The van der Waals surface area contributed by atoms with E-state index in [1.165, 1.54) is 11.1 Å². The molecule has 0 radical (unpaired) electrons. The Balaban J connectivity index is 2.13. The second-order valence-electron chi connectivity index (χ2n) is 4.42. The predicted octanol–water partition coefficient (Wildman–Crippen LogP) is 3.91. The number of aryl methyl sites for hydroxylation is 1. The maximum Gasteiger partial charge on any atom is 0.0744 e. The fourth-order valence-corrected chi connectivity index (χ4v) is 2.41. The molecular formula is C15H17BrN2O. The van der Waals surface area contributed by atoms with E-state index in [1.54, 1.807) is 7.11 Å². The molecule has 0 saturated heterocycles. The number of pyridine rings is 1. The van der Waals surface area contributed by atoms with Crippen molar-refractivity contribution in [1.29, 1.82) is 0 Å². The molecular weight excluding hydrogens is 304 g/mol. The molecule has 3 nitrogen and oxygen atoms in total. The number of nitrogens with one attached hydrogen (secondary N) is 1. The number of hydrogen-bond acceptors (Lipinski definition) is 3. The second-order valence-corrected chi connectivity index (χ2v) is 5.28. The molecule has 1 N–H and O–H groups in total. The van der Waals surface area contributed by atoms with E-state index in [1.807, 2.05) is 31.5 Å². The molecule has 100 valence electrons. The monoisotopic (exact) mass is 320 g/mol. The summed E-state index contributed by atoms with van der Waals surface area (Å²) >= 11 is 3.55. The molecule has 0 atom stereocenters. The molecule has 4 heteroatoms. The van der Waals surface area contributed by atoms with Crippen LogP contribution in [0.25, 0.3) is 0 Å². The third-order valence-electron chi connectivity index (χ3n) is 2.82. The minimum absolute atomic E-state index is 0.579. The Kier molecular flexibility index (Phi) is 4.93. The number of anilines is 1. The van der Waals surface area contributed by atoms with Gasteiger partial charge in [-0.15, -0.1) is 0 Å². The lowest BCUT2D eigenvalue weighted by molar-refractivity contribution is 0.185. The fraction of sp³-hybridized carbons (Fsp3) is 0.267. The summed E-state index contributed by atoms with van der Waals surface area (Å²) in [6, 6.07) is 8.23. The van der Waals surface area contributed by atoms with Crippen molar-refractivity contribution in [2.45, 2.75) is 20.1 Å². The average Bonchev–Trinajstić information content (AvgIpc) is 2.40. The highest BCUT2D eigenvalue weighted by atomic mass is 79.9. The van der Waals surface area contributed by atoms with Crippen LogP contribution in [0.4, 0.5) is 5.69 Å². The smallest absolute Gasteiger partial charge is 0.0744 e. The quantitative estimate of drug-likeness (QED) is 0.906. The molecule has 0 aliphatic carbocycles. The van der Waals surface area contributed by atoms with Crippen LogP contribution in [-0.2, 0) is 17.9 Å². The normalized spacial score (nSPS) is 10.5. The van der Waals surface area contributed by atoms with Gasteiger partial charge in [0.25, 0.3) is 0 Å². The van der Waals surface area contributed by atoms with Gasteiger partial charge in [-0.25, -0.2) is 0 Å². The van der Waals surface area contributed by atoms with Gasteiger partial charge in [0.05, 0.1) is 6.61 Å². The Hall–Kier alpha value is -1.39. The van der Waals surface area contributed by atoms with E-state index in [4.69, 9.17) is 4.74 Å². The van der Waals surface area contributed by atoms with Gasteiger partial charge >= 0.3 is 0 Å². The fourth-order valence-electron chi connectivity index (χ4n) is 1.93. The second kappa shape index (κ2) is 6.68. The molecule has 0 saturated carbocycles. The van der Waals surface area contributed by atoms with Crippen LogP contribution >= 0.6 is 15.9 Å². The van der Waals surface area contributed by atoms with Crippen molar-refractivity contribution in [2.75, 3.05) is 12.4 Å². The minimum atomic E-state index is 0.579. The van der Waals surface area contributed by atoms with E-state index in [0.29, 0.717) is 6.61 Å². The van der Waals surface area contributed by atoms with Gasteiger partial charge in [0.2, 0.25) is 0 Å². The number of ether oxygens (including phenoxy) is 1. The van der Waals surface area contributed by atoms with Crippen LogP contribution in [0.2, 0.25) is 0 Å². The molecule has 0 fully saturated rings. The van der Waals surface area contributed by atoms with Gasteiger partial charge < -0.3 is 10.1 Å². The molecule has 0 aliphatic heterocycles. The van der Waals surface area contributed by atoms with Crippen molar-refractivity contribution >= 4 is 21.6 Å². The Morgan fingerprint density at radius 1 is 1.32 bits per heavy atom. The summed E-state index contributed by atoms with van der Waals surface area (Å²) in [7, 11) is 1.70. The number of rotatable bonds is 5. The molecule has 0 amide bonds. The number of aromatic nitrogens is 1. The highest BCUT2D eigenvalue weighted by molar-refractivity contribution is 9.10. The van der Waals surface area contributed by atoms with Gasteiger partial charge in [0.15, 0.2) is 0 Å². The van der Waals surface area contributed by atoms with Crippen molar-refractivity contribution in [3.8, 4) is 0 Å². The predicted molar refractivity (Wildman–Crippen MR) is 81.2 cm³/mol. The van der Waals surface area contributed by atoms with Crippen molar-refractivity contribution in [3.63, 3.8) is 0 Å². The zero-order valence-corrected chi connectivity index (χ0v) is 12.7. The van der Waals surface area contributed by atoms with Crippen LogP contribution in [0.5, 0.6) is 0 Å². The summed E-state index contributed by atoms with van der Waals surface area (Å²) in [6.07, 6.45) is 3.74. The van der Waals surface area contributed by atoms with Gasteiger partial charge in [-0.2, -0.15) is 0 Å². The Morgan fingerprint density at radius 2 is 2.16 bits per heavy atom. The van der Waals surface area contributed by atoms with E-state index in [0.717, 1.165) is 22.3 Å². The molecule has 0 aliphatic rings. The zero-order valence-electron chi connectivity index (χ0n) is 11.1. The molecule has 0 spiro atoms. The van der Waals surface area contributed by atoms with Crippen molar-refractivity contribution < 1.29 is 4.74 Å². The molecule has 1 aromatic carbocycles. The third-order valence-corrected chi connectivity index (χ3v) is 3.57. The van der Waals surface area contributed by atoms with Crippen LogP contribution in [-0.4, -0.2) is 12.1 Å². The van der Waals surface area contributed by atoms with E-state index < -0.39 is 0 Å². The Labute approximate surface area is 122 Å². The summed E-state index contributed by atoms with van der Waals surface area (Å²) in [5.74, 6) is 0. The van der Waals surface area contributed by atoms with Gasteiger partial charge in [0, 0.05) is 41.8 Å². The van der Waals surface area contributed by atoms with E-state index in [2.05, 4.69) is 38.4 Å². The van der Waals surface area contributed by atoms with Crippen LogP contribution in [0.15, 0.2) is 41.1 Å². The maximum absolute atomic E-state index is 5.24. The largest absolute Gasteiger partial charge is 0.381 e. The first-order chi connectivity index (χ1) is 9.20. The highest BCUT2D eigenvalue weighted by Gasteiger charge is 2.06. The van der Waals surface area contributed by atoms with Gasteiger partial charge in [0.1, 0.15) is 0 Å². The van der Waals surface area contributed by atoms with E-state index in [-0.39, 0.29) is 0 Å². The molecule has 0 unspecified atom stereocenters. The van der Waals surface area contributed by atoms with Gasteiger partial charge in [-0.3, -0.25) is 4.98 Å². The summed E-state index contributed by atoms with van der Waals surface area (Å²) < 4.78 is 6.30. The average molecular weight is 321 g/mol. The summed E-state index contributed by atoms with van der Waals surface area (Å²) in [5, 5.41) is 3.43. The summed E-state index contributed by atoms with van der Waals surface area (Å²) in [4.78, 5) is 4.20. The van der Waals surface area contributed by atoms with Crippen LogP contribution < -0.4 is 5.32 Å². The zero-order chi connectivity index (χ0) is 13.7.